The summed E-state index contributed by atoms with van der Waals surface area (Å²) in [6.45, 7) is 12.7. The SMILES string of the molecule is Cc1ccc2c(oc3nc(C)c4ccccc4c32)c1-c1cccc[n+]1C.Cc1ccc2c(oc3ncc4ccccc4c32)c1-c1scc[n+]1C.Cc1ccc2c(oc3ncc4ccccc4c32)c1-n1ccc[n+]1C.Cc1ccc2c(oc3ncc4ccccc4c32)c1N1C=CN(C)[C@@H]1C. The van der Waals surface area contributed by atoms with Crippen molar-refractivity contribution >= 4 is 148 Å². The second-order valence-corrected chi connectivity index (χ2v) is 26.7. The van der Waals surface area contributed by atoms with Gasteiger partial charge in [0.05, 0.1) is 44.4 Å². The van der Waals surface area contributed by atoms with Crippen molar-refractivity contribution in [3.8, 4) is 27.5 Å². The second kappa shape index (κ2) is 23.9. The molecule has 20 rings (SSSR count). The molecule has 1 aliphatic heterocycles. The van der Waals surface area contributed by atoms with Crippen molar-refractivity contribution in [3.63, 3.8) is 0 Å². The zero-order chi connectivity index (χ0) is 67.5. The van der Waals surface area contributed by atoms with Gasteiger partial charge in [0.2, 0.25) is 28.5 Å². The Morgan fingerprint density at radius 3 is 1.40 bits per heavy atom. The zero-order valence-corrected chi connectivity index (χ0v) is 57.3. The minimum Gasteiger partial charge on any atom is -0.437 e. The molecule has 0 radical (unpaired) electrons. The number of benzene rings is 8. The molecule has 482 valence electrons. The summed E-state index contributed by atoms with van der Waals surface area (Å²) in [6.07, 6.45) is 18.3. The van der Waals surface area contributed by atoms with E-state index in [9.17, 15) is 0 Å². The van der Waals surface area contributed by atoms with E-state index in [4.69, 9.17) is 22.7 Å². The van der Waals surface area contributed by atoms with Gasteiger partial charge in [-0.3, -0.25) is 0 Å². The highest BCUT2D eigenvalue weighted by Crippen LogP contribution is 2.45. The monoisotopic (exact) mass is 1310 g/mol. The van der Waals surface area contributed by atoms with Crippen molar-refractivity contribution in [2.45, 2.75) is 47.7 Å². The Morgan fingerprint density at radius 2 is 0.879 bits per heavy atom. The van der Waals surface area contributed by atoms with Crippen molar-refractivity contribution in [1.29, 1.82) is 0 Å². The summed E-state index contributed by atoms with van der Waals surface area (Å²) in [7, 11) is 8.24. The molecule has 12 heterocycles. The molecule has 1 atom stereocenters. The number of fused-ring (bicyclic) bond motifs is 20. The van der Waals surface area contributed by atoms with Crippen molar-refractivity contribution in [3.05, 3.63) is 259 Å². The first-order valence-electron chi connectivity index (χ1n) is 33.2. The average Bonchev–Trinajstić information content (AvgIpc) is 1.61. The average molecular weight is 1310 g/mol. The standard InChI is InChI=1S/C23H19N2O.C21H19N3O.C20H16N3O.C20H15N2OS/c1-14-11-12-18-21-17-9-5-4-8-16(17)15(2)24-23(21)26-22(18)20(14)19-10-6-7-13-25(19)3;1-13-8-9-17-18-16-7-5-4-6-15(16)12-22-21(18)25-20(17)19(13)24-11-10-23(3)14(24)2;1-13-8-9-16-17-15-7-4-3-6-14(15)12-21-20(17)24-19(16)18(13)23-11-5-10-22(23)2;1-12-7-8-15-17-14-6-4-3-5-13(14)11-21-19(17)23-18(15)16(12)20-22(2)9-10-24-20/h4-13H,1-3H3;4-12,14H,1-3H3;3-12H,1-2H3;3-11H,1-2H3/q+1;;2*+1/t;14-;;/m.0../s1. The molecule has 0 fully saturated rings. The largest absolute Gasteiger partial charge is 0.437 e. The van der Waals surface area contributed by atoms with E-state index in [0.29, 0.717) is 22.9 Å². The Labute approximate surface area is 573 Å². The molecular formula is C84H69N10O4S+3. The van der Waals surface area contributed by atoms with Gasteiger partial charge in [0.25, 0.3) is 5.01 Å². The highest BCUT2D eigenvalue weighted by molar-refractivity contribution is 7.12. The predicted molar refractivity (Wildman–Crippen MR) is 400 cm³/mol. The van der Waals surface area contributed by atoms with E-state index in [1.54, 1.807) is 11.3 Å². The number of rotatable bonds is 4. The van der Waals surface area contributed by atoms with Gasteiger partial charge in [-0.05, 0) is 104 Å². The molecule has 8 aromatic carbocycles. The number of hydrogen-bond donors (Lipinski definition) is 0. The van der Waals surface area contributed by atoms with Crippen LogP contribution < -0.4 is 18.7 Å². The molecule has 15 heteroatoms. The Bertz CT molecular complexity index is 6310. The van der Waals surface area contributed by atoms with Gasteiger partial charge in [-0.1, -0.05) is 145 Å². The summed E-state index contributed by atoms with van der Waals surface area (Å²) < 4.78 is 33.5. The van der Waals surface area contributed by atoms with Crippen LogP contribution in [0.3, 0.4) is 0 Å². The fraction of sp³-hybridized carbons (Fsp3) is 0.131. The van der Waals surface area contributed by atoms with Crippen LogP contribution in [0.1, 0.15) is 34.9 Å². The number of furan rings is 4. The third-order valence-electron chi connectivity index (χ3n) is 19.8. The molecule has 11 aromatic heterocycles. The molecule has 0 spiro atoms. The first kappa shape index (κ1) is 60.6. The first-order chi connectivity index (χ1) is 48.3. The molecule has 19 aromatic rings. The normalized spacial score (nSPS) is 13.2. The second-order valence-electron chi connectivity index (χ2n) is 25.8. The summed E-state index contributed by atoms with van der Waals surface area (Å²) in [5.41, 5.74) is 17.8. The van der Waals surface area contributed by atoms with Gasteiger partial charge < -0.3 is 27.5 Å². The number of aromatic nitrogens is 8. The molecule has 0 saturated carbocycles. The molecule has 0 bridgehead atoms. The number of anilines is 1. The van der Waals surface area contributed by atoms with Crippen molar-refractivity contribution in [2.24, 2.45) is 21.1 Å². The maximum atomic E-state index is 6.34. The summed E-state index contributed by atoms with van der Waals surface area (Å²) in [6, 6.07) is 58.9. The van der Waals surface area contributed by atoms with Gasteiger partial charge in [0, 0.05) is 105 Å². The summed E-state index contributed by atoms with van der Waals surface area (Å²) >= 11 is 1.73. The van der Waals surface area contributed by atoms with Gasteiger partial charge in [0.1, 0.15) is 25.8 Å². The van der Waals surface area contributed by atoms with Crippen LogP contribution in [0, 0.1) is 34.6 Å². The predicted octanol–water partition coefficient (Wildman–Crippen LogP) is 19.3. The number of pyridine rings is 5. The minimum atomic E-state index is 0.252. The van der Waals surface area contributed by atoms with Gasteiger partial charge in [-0.2, -0.15) is 4.57 Å². The van der Waals surface area contributed by atoms with Gasteiger partial charge >= 0.3 is 0 Å². The Kier molecular flexibility index (Phi) is 14.6. The topological polar surface area (TPSA) is 127 Å². The van der Waals surface area contributed by atoms with Crippen LogP contribution in [0.2, 0.25) is 0 Å². The van der Waals surface area contributed by atoms with Crippen LogP contribution in [0.5, 0.6) is 0 Å². The minimum absolute atomic E-state index is 0.252. The molecule has 0 saturated heterocycles. The van der Waals surface area contributed by atoms with E-state index in [2.05, 4.69) is 264 Å². The van der Waals surface area contributed by atoms with Gasteiger partial charge in [-0.15, -0.1) is 9.36 Å². The third kappa shape index (κ3) is 9.93. The molecular weight excluding hydrogens is 1250 g/mol. The van der Waals surface area contributed by atoms with Gasteiger partial charge in [0.15, 0.2) is 53.7 Å². The van der Waals surface area contributed by atoms with Crippen molar-refractivity contribution < 1.29 is 31.5 Å². The molecule has 0 unspecified atom stereocenters. The van der Waals surface area contributed by atoms with Crippen molar-refractivity contribution in [1.82, 2.24) is 29.5 Å². The fourth-order valence-corrected chi connectivity index (χ4v) is 15.5. The maximum absolute atomic E-state index is 6.34. The van der Waals surface area contributed by atoms with E-state index < -0.39 is 0 Å². The number of nitrogens with zero attached hydrogens (tertiary/aromatic N) is 10. The Balaban J connectivity index is 0.0000000990. The highest BCUT2D eigenvalue weighted by Gasteiger charge is 2.29. The van der Waals surface area contributed by atoms with E-state index in [-0.39, 0.29) is 6.17 Å². The van der Waals surface area contributed by atoms with Gasteiger partial charge in [-0.25, -0.2) is 24.5 Å². The third-order valence-corrected chi connectivity index (χ3v) is 20.7. The Morgan fingerprint density at radius 1 is 0.414 bits per heavy atom. The molecule has 0 aliphatic carbocycles. The molecule has 0 N–H and O–H groups in total. The lowest BCUT2D eigenvalue weighted by atomic mass is 9.99. The van der Waals surface area contributed by atoms with Crippen LogP contribution in [-0.4, -0.2) is 42.7 Å². The van der Waals surface area contributed by atoms with Crippen LogP contribution >= 0.6 is 11.3 Å². The van der Waals surface area contributed by atoms with Crippen LogP contribution in [0.25, 0.3) is 159 Å². The van der Waals surface area contributed by atoms with E-state index in [1.807, 2.05) is 80.0 Å². The van der Waals surface area contributed by atoms with Crippen molar-refractivity contribution in [2.75, 3.05) is 11.9 Å². The number of thiazole rings is 1. The van der Waals surface area contributed by atoms with E-state index in [1.165, 1.54) is 48.6 Å². The quantitative estimate of drug-likeness (QED) is 0.157. The number of hydrogen-bond acceptors (Lipinski definition) is 11. The number of aryl methyl sites for hydroxylation is 8. The maximum Gasteiger partial charge on any atom is 0.272 e. The van der Waals surface area contributed by atoms with Crippen LogP contribution in [0.4, 0.5) is 5.69 Å². The Hall–Kier alpha value is -12.1. The first-order valence-corrected chi connectivity index (χ1v) is 34.1. The molecule has 1 aliphatic rings. The molecule has 99 heavy (non-hydrogen) atoms. The fourth-order valence-electron chi connectivity index (χ4n) is 14.6. The summed E-state index contributed by atoms with van der Waals surface area (Å²) in [4.78, 5) is 22.9. The summed E-state index contributed by atoms with van der Waals surface area (Å²) in [5.74, 6) is 0. The highest BCUT2D eigenvalue weighted by atomic mass is 32.1. The molecule has 0 amide bonds. The molecule has 14 nitrogen and oxygen atoms in total. The smallest absolute Gasteiger partial charge is 0.272 e. The lowest BCUT2D eigenvalue weighted by molar-refractivity contribution is -0.744. The van der Waals surface area contributed by atoms with Crippen LogP contribution in [0.15, 0.2) is 249 Å². The zero-order valence-electron chi connectivity index (χ0n) is 56.5. The lowest BCUT2D eigenvalue weighted by Gasteiger charge is -2.28. The lowest BCUT2D eigenvalue weighted by Crippen LogP contribution is -2.37. The summed E-state index contributed by atoms with van der Waals surface area (Å²) in [5, 5.41) is 21.5. The van der Waals surface area contributed by atoms with E-state index >= 15 is 0 Å². The van der Waals surface area contributed by atoms with E-state index in [0.717, 1.165) is 121 Å². The van der Waals surface area contributed by atoms with Crippen LogP contribution in [-0.2, 0) is 21.1 Å².